The van der Waals surface area contributed by atoms with Crippen LogP contribution in [0.4, 0.5) is 0 Å². The van der Waals surface area contributed by atoms with Gasteiger partial charge in [-0.2, -0.15) is 0 Å². The van der Waals surface area contributed by atoms with Crippen molar-refractivity contribution in [3.63, 3.8) is 0 Å². The molecule has 0 aromatic heterocycles. The maximum absolute atomic E-state index is 12.9. The van der Waals surface area contributed by atoms with Crippen molar-refractivity contribution < 1.29 is 19.4 Å². The number of rotatable bonds is 7. The van der Waals surface area contributed by atoms with Crippen LogP contribution in [0.15, 0.2) is 61.2 Å². The molecule has 0 aliphatic carbocycles. The molecule has 1 aliphatic rings. The SMILES string of the molecule is C=CCOc1ccccc1C(=O)N1CCC(Cc2ccccc2C(=O)O)CC1. The quantitative estimate of drug-likeness (QED) is 0.737. The van der Waals surface area contributed by atoms with Gasteiger partial charge >= 0.3 is 5.97 Å². The van der Waals surface area contributed by atoms with Gasteiger partial charge in [0.05, 0.1) is 11.1 Å². The van der Waals surface area contributed by atoms with Gasteiger partial charge in [-0.3, -0.25) is 4.79 Å². The first-order valence-corrected chi connectivity index (χ1v) is 9.53. The van der Waals surface area contributed by atoms with Crippen LogP contribution in [0.1, 0.15) is 39.1 Å². The highest BCUT2D eigenvalue weighted by Gasteiger charge is 2.26. The molecule has 0 unspecified atom stereocenters. The van der Waals surface area contributed by atoms with Gasteiger partial charge in [0.25, 0.3) is 5.91 Å². The minimum atomic E-state index is -0.889. The molecule has 1 heterocycles. The summed E-state index contributed by atoms with van der Waals surface area (Å²) in [5.74, 6) is 0.0325. The van der Waals surface area contributed by atoms with Crippen LogP contribution in [0.2, 0.25) is 0 Å². The van der Waals surface area contributed by atoms with Gasteiger partial charge in [-0.25, -0.2) is 4.79 Å². The normalized spacial score (nSPS) is 14.5. The zero-order chi connectivity index (χ0) is 19.9. The number of carbonyl (C=O) groups is 2. The summed E-state index contributed by atoms with van der Waals surface area (Å²) in [7, 11) is 0. The van der Waals surface area contributed by atoms with E-state index in [2.05, 4.69) is 6.58 Å². The molecule has 0 spiro atoms. The summed E-state index contributed by atoms with van der Waals surface area (Å²) in [5, 5.41) is 9.35. The Labute approximate surface area is 165 Å². The Bertz CT molecular complexity index is 853. The van der Waals surface area contributed by atoms with Gasteiger partial charge in [0.1, 0.15) is 12.4 Å². The lowest BCUT2D eigenvalue weighted by Crippen LogP contribution is -2.39. The van der Waals surface area contributed by atoms with Crippen molar-refractivity contribution in [2.75, 3.05) is 19.7 Å². The molecule has 28 heavy (non-hydrogen) atoms. The molecule has 0 atom stereocenters. The van der Waals surface area contributed by atoms with E-state index in [0.717, 1.165) is 24.8 Å². The number of amides is 1. The standard InChI is InChI=1S/C23H25NO4/c1-2-15-28-21-10-6-5-9-20(21)22(25)24-13-11-17(12-14-24)16-18-7-3-4-8-19(18)23(26)27/h2-10,17H,1,11-16H2,(H,26,27). The number of carboxylic acids is 1. The van der Waals surface area contributed by atoms with E-state index < -0.39 is 5.97 Å². The molecule has 1 N–H and O–H groups in total. The molecule has 2 aromatic carbocycles. The fraction of sp³-hybridized carbons (Fsp3) is 0.304. The number of carboxylic acid groups (broad SMARTS) is 1. The Morgan fingerprint density at radius 1 is 1.07 bits per heavy atom. The van der Waals surface area contributed by atoms with Gasteiger partial charge in [-0.15, -0.1) is 0 Å². The smallest absolute Gasteiger partial charge is 0.335 e. The monoisotopic (exact) mass is 379 g/mol. The summed E-state index contributed by atoms with van der Waals surface area (Å²) in [6.07, 6.45) is 4.09. The highest BCUT2D eigenvalue weighted by Crippen LogP contribution is 2.26. The van der Waals surface area contributed by atoms with Gasteiger partial charge in [0.2, 0.25) is 0 Å². The Morgan fingerprint density at radius 2 is 1.71 bits per heavy atom. The first kappa shape index (κ1) is 19.7. The third-order valence-electron chi connectivity index (χ3n) is 5.13. The Hall–Kier alpha value is -3.08. The zero-order valence-electron chi connectivity index (χ0n) is 15.8. The minimum absolute atomic E-state index is 0.0240. The van der Waals surface area contributed by atoms with E-state index in [9.17, 15) is 14.7 Å². The van der Waals surface area contributed by atoms with Crippen LogP contribution >= 0.6 is 0 Å². The molecule has 0 saturated carbocycles. The van der Waals surface area contributed by atoms with Crippen molar-refractivity contribution in [2.45, 2.75) is 19.3 Å². The number of hydrogen-bond donors (Lipinski definition) is 1. The number of hydrogen-bond acceptors (Lipinski definition) is 3. The van der Waals surface area contributed by atoms with Gasteiger partial charge in [-0.05, 0) is 48.9 Å². The largest absolute Gasteiger partial charge is 0.489 e. The first-order chi connectivity index (χ1) is 13.6. The highest BCUT2D eigenvalue weighted by atomic mass is 16.5. The van der Waals surface area contributed by atoms with E-state index in [1.54, 1.807) is 30.3 Å². The molecule has 5 heteroatoms. The Morgan fingerprint density at radius 3 is 2.39 bits per heavy atom. The average molecular weight is 379 g/mol. The van der Waals surface area contributed by atoms with E-state index in [-0.39, 0.29) is 5.91 Å². The van der Waals surface area contributed by atoms with Gasteiger partial charge in [0.15, 0.2) is 0 Å². The molecular weight excluding hydrogens is 354 g/mol. The van der Waals surface area contributed by atoms with Gasteiger partial charge in [-0.1, -0.05) is 43.0 Å². The van der Waals surface area contributed by atoms with Crippen molar-refractivity contribution in [2.24, 2.45) is 5.92 Å². The van der Waals surface area contributed by atoms with Gasteiger partial charge in [0, 0.05) is 13.1 Å². The lowest BCUT2D eigenvalue weighted by molar-refractivity contribution is 0.0686. The number of ether oxygens (including phenoxy) is 1. The fourth-order valence-corrected chi connectivity index (χ4v) is 3.65. The number of carbonyl (C=O) groups excluding carboxylic acids is 1. The summed E-state index contributed by atoms with van der Waals surface area (Å²) in [5.41, 5.74) is 1.80. The van der Waals surface area contributed by atoms with Gasteiger partial charge < -0.3 is 14.7 Å². The predicted molar refractivity (Wildman–Crippen MR) is 108 cm³/mol. The fourth-order valence-electron chi connectivity index (χ4n) is 3.65. The summed E-state index contributed by atoms with van der Waals surface area (Å²) in [4.78, 5) is 26.2. The molecule has 5 nitrogen and oxygen atoms in total. The molecule has 1 saturated heterocycles. The molecule has 1 amide bonds. The zero-order valence-corrected chi connectivity index (χ0v) is 15.8. The summed E-state index contributed by atoms with van der Waals surface area (Å²) >= 11 is 0. The molecule has 1 aliphatic heterocycles. The molecule has 1 fully saturated rings. The predicted octanol–water partition coefficient (Wildman–Crippen LogP) is 4.04. The van der Waals surface area contributed by atoms with Crippen molar-refractivity contribution in [1.82, 2.24) is 4.90 Å². The maximum Gasteiger partial charge on any atom is 0.335 e. The number of nitrogens with zero attached hydrogens (tertiary/aromatic N) is 1. The molecule has 0 radical (unpaired) electrons. The van der Waals surface area contributed by atoms with E-state index in [4.69, 9.17) is 4.74 Å². The molecule has 146 valence electrons. The van der Waals surface area contributed by atoms with Crippen molar-refractivity contribution in [3.8, 4) is 5.75 Å². The number of benzene rings is 2. The molecule has 0 bridgehead atoms. The van der Waals surface area contributed by atoms with Crippen LogP contribution in [0.25, 0.3) is 0 Å². The molecule has 2 aromatic rings. The van der Waals surface area contributed by atoms with Crippen LogP contribution in [0.3, 0.4) is 0 Å². The van der Waals surface area contributed by atoms with Crippen molar-refractivity contribution in [1.29, 1.82) is 0 Å². The lowest BCUT2D eigenvalue weighted by atomic mass is 9.88. The van der Waals surface area contributed by atoms with E-state index >= 15 is 0 Å². The second-order valence-electron chi connectivity index (χ2n) is 7.00. The highest BCUT2D eigenvalue weighted by molar-refractivity contribution is 5.97. The van der Waals surface area contributed by atoms with Crippen molar-refractivity contribution in [3.05, 3.63) is 77.9 Å². The van der Waals surface area contributed by atoms with Crippen LogP contribution in [-0.4, -0.2) is 41.6 Å². The third kappa shape index (κ3) is 4.60. The summed E-state index contributed by atoms with van der Waals surface area (Å²) < 4.78 is 5.61. The topological polar surface area (TPSA) is 66.8 Å². The second-order valence-corrected chi connectivity index (χ2v) is 7.00. The Balaban J connectivity index is 1.62. The number of likely N-dealkylation sites (tertiary alicyclic amines) is 1. The van der Waals surface area contributed by atoms with Crippen LogP contribution in [-0.2, 0) is 6.42 Å². The van der Waals surface area contributed by atoms with Crippen LogP contribution < -0.4 is 4.74 Å². The number of piperidine rings is 1. The number of aromatic carboxylic acids is 1. The first-order valence-electron chi connectivity index (χ1n) is 9.53. The molecular formula is C23H25NO4. The van der Waals surface area contributed by atoms with Crippen LogP contribution in [0.5, 0.6) is 5.75 Å². The van der Waals surface area contributed by atoms with E-state index in [0.29, 0.717) is 42.5 Å². The van der Waals surface area contributed by atoms with Crippen molar-refractivity contribution >= 4 is 11.9 Å². The van der Waals surface area contributed by atoms with Crippen LogP contribution in [0, 0.1) is 5.92 Å². The summed E-state index contributed by atoms with van der Waals surface area (Å²) in [6.45, 7) is 5.32. The second kappa shape index (κ2) is 9.22. The maximum atomic E-state index is 12.9. The third-order valence-corrected chi connectivity index (χ3v) is 5.13. The lowest BCUT2D eigenvalue weighted by Gasteiger charge is -2.32. The number of para-hydroxylation sites is 1. The summed E-state index contributed by atoms with van der Waals surface area (Å²) in [6, 6.07) is 14.4. The molecule has 3 rings (SSSR count). The average Bonchev–Trinajstić information content (AvgIpc) is 2.73. The van der Waals surface area contributed by atoms with E-state index in [1.807, 2.05) is 29.2 Å². The minimum Gasteiger partial charge on any atom is -0.489 e. The Kier molecular flexibility index (Phi) is 6.48. The van der Waals surface area contributed by atoms with E-state index in [1.165, 1.54) is 0 Å².